The molecule has 3 N–H and O–H groups in total. The highest BCUT2D eigenvalue weighted by Gasteiger charge is 2.35. The van der Waals surface area contributed by atoms with Crippen LogP contribution < -0.4 is 11.1 Å². The van der Waals surface area contributed by atoms with Crippen LogP contribution in [-0.4, -0.2) is 36.4 Å². The largest absolute Gasteiger partial charge is 0.433 e. The summed E-state index contributed by atoms with van der Waals surface area (Å²) in [5, 5.41) is 11.0. The minimum Gasteiger partial charge on any atom is -0.365 e. The molecule has 0 aliphatic carbocycles. The van der Waals surface area contributed by atoms with Crippen molar-refractivity contribution < 1.29 is 22.8 Å². The maximum Gasteiger partial charge on any atom is 0.433 e. The number of nitrogens with one attached hydrogen (secondary N) is 1. The van der Waals surface area contributed by atoms with Gasteiger partial charge in [-0.3, -0.25) is 19.0 Å². The third-order valence-electron chi connectivity index (χ3n) is 5.17. The number of fused-ring (bicyclic) bond motifs is 1. The van der Waals surface area contributed by atoms with Gasteiger partial charge in [0.2, 0.25) is 0 Å². The molecule has 0 bridgehead atoms. The number of hydrogen-bond donors (Lipinski definition) is 2. The summed E-state index contributed by atoms with van der Waals surface area (Å²) in [7, 11) is 3.22. The lowest BCUT2D eigenvalue weighted by molar-refractivity contribution is -0.140. The second-order valence-corrected chi connectivity index (χ2v) is 8.42. The topological polar surface area (TPSA) is 121 Å². The van der Waals surface area contributed by atoms with E-state index in [1.165, 1.54) is 15.6 Å². The van der Waals surface area contributed by atoms with Gasteiger partial charge < -0.3 is 11.1 Å². The first-order chi connectivity index (χ1) is 15.4. The molecule has 0 radical (unpaired) electrons. The highest BCUT2D eigenvalue weighted by atomic mass is 32.1. The Balaban J connectivity index is 2.02. The number of anilines is 1. The summed E-state index contributed by atoms with van der Waals surface area (Å²) in [6.45, 7) is 3.40. The van der Waals surface area contributed by atoms with Crippen molar-refractivity contribution >= 4 is 39.1 Å². The van der Waals surface area contributed by atoms with Crippen LogP contribution in [0.4, 0.5) is 18.9 Å². The standard InChI is InChI=1S/C20H18F3N7O2S/c1-8-5-12(30(4)28-8)18(32)27-15-14-10(11-7-25-29(3)9(11)2)6-13(20(21,22)23)26-19(14)33-16(15)17(24)31/h5-7H,1-4H3,(H2,24,31)(H,27,32). The molecule has 0 atom stereocenters. The van der Waals surface area contributed by atoms with Crippen molar-refractivity contribution in [2.75, 3.05) is 5.32 Å². The number of nitrogens with two attached hydrogens (primary N) is 1. The van der Waals surface area contributed by atoms with Crippen molar-refractivity contribution in [2.24, 2.45) is 19.8 Å². The summed E-state index contributed by atoms with van der Waals surface area (Å²) in [5.41, 5.74) is 6.26. The van der Waals surface area contributed by atoms with Gasteiger partial charge >= 0.3 is 6.18 Å². The molecular formula is C20H18F3N7O2S. The molecule has 0 aromatic carbocycles. The number of primary amides is 1. The summed E-state index contributed by atoms with van der Waals surface area (Å²) in [4.78, 5) is 28.7. The summed E-state index contributed by atoms with van der Waals surface area (Å²) in [5.74, 6) is -1.51. The third-order valence-corrected chi connectivity index (χ3v) is 6.27. The lowest BCUT2D eigenvalue weighted by Gasteiger charge is -2.12. The van der Waals surface area contributed by atoms with E-state index in [-0.39, 0.29) is 32.0 Å². The van der Waals surface area contributed by atoms with E-state index in [9.17, 15) is 22.8 Å². The Morgan fingerprint density at radius 1 is 1.12 bits per heavy atom. The second kappa shape index (κ2) is 7.69. The maximum atomic E-state index is 13.6. The third kappa shape index (κ3) is 3.84. The van der Waals surface area contributed by atoms with Gasteiger partial charge in [0, 0.05) is 30.7 Å². The molecule has 2 amide bonds. The maximum absolute atomic E-state index is 13.6. The van der Waals surface area contributed by atoms with E-state index in [4.69, 9.17) is 5.73 Å². The Hall–Kier alpha value is -3.74. The monoisotopic (exact) mass is 477 g/mol. The van der Waals surface area contributed by atoms with Crippen LogP contribution >= 0.6 is 11.3 Å². The van der Waals surface area contributed by atoms with Gasteiger partial charge in [-0.25, -0.2) is 4.98 Å². The van der Waals surface area contributed by atoms with Crippen molar-refractivity contribution in [3.05, 3.63) is 46.0 Å². The fraction of sp³-hybridized carbons (Fsp3) is 0.250. The minimum absolute atomic E-state index is 0.00849. The van der Waals surface area contributed by atoms with Gasteiger partial charge in [0.1, 0.15) is 21.1 Å². The van der Waals surface area contributed by atoms with E-state index in [1.807, 2.05) is 0 Å². The summed E-state index contributed by atoms with van der Waals surface area (Å²) in [6.07, 6.45) is -3.31. The fourth-order valence-electron chi connectivity index (χ4n) is 3.51. The van der Waals surface area contributed by atoms with Gasteiger partial charge in [-0.05, 0) is 31.5 Å². The first-order valence-electron chi connectivity index (χ1n) is 9.54. The van der Waals surface area contributed by atoms with Crippen molar-refractivity contribution in [1.29, 1.82) is 0 Å². The van der Waals surface area contributed by atoms with E-state index in [0.717, 1.165) is 6.07 Å². The van der Waals surface area contributed by atoms with Gasteiger partial charge in [-0.1, -0.05) is 0 Å². The molecule has 0 fully saturated rings. The number of carbonyl (C=O) groups excluding carboxylic acids is 2. The van der Waals surface area contributed by atoms with Crippen LogP contribution in [0.5, 0.6) is 0 Å². The van der Waals surface area contributed by atoms with Crippen molar-refractivity contribution in [3.63, 3.8) is 0 Å². The van der Waals surface area contributed by atoms with Crippen molar-refractivity contribution in [2.45, 2.75) is 20.0 Å². The molecule has 4 rings (SSSR count). The Kier molecular flexibility index (Phi) is 5.23. The molecule has 172 valence electrons. The minimum atomic E-state index is -4.73. The first-order valence-corrected chi connectivity index (χ1v) is 10.4. The highest BCUT2D eigenvalue weighted by Crippen LogP contribution is 2.44. The number of aryl methyl sites for hydroxylation is 3. The van der Waals surface area contributed by atoms with E-state index < -0.39 is 23.7 Å². The molecule has 9 nitrogen and oxygen atoms in total. The van der Waals surface area contributed by atoms with Crippen LogP contribution in [0.3, 0.4) is 0 Å². The van der Waals surface area contributed by atoms with Crippen LogP contribution in [0.2, 0.25) is 0 Å². The Labute approximate surface area is 189 Å². The molecule has 4 heterocycles. The number of aromatic nitrogens is 5. The number of pyridine rings is 1. The number of halogens is 3. The Morgan fingerprint density at radius 2 is 1.82 bits per heavy atom. The number of alkyl halides is 3. The molecule has 0 saturated heterocycles. The molecular weight excluding hydrogens is 459 g/mol. The van der Waals surface area contributed by atoms with Crippen LogP contribution in [-0.2, 0) is 20.3 Å². The van der Waals surface area contributed by atoms with E-state index >= 15 is 0 Å². The normalized spacial score (nSPS) is 11.8. The molecule has 4 aromatic rings. The van der Waals surface area contributed by atoms with Crippen molar-refractivity contribution in [1.82, 2.24) is 24.5 Å². The number of amides is 2. The zero-order valence-electron chi connectivity index (χ0n) is 17.9. The zero-order chi connectivity index (χ0) is 24.2. The molecule has 0 aliphatic heterocycles. The van der Waals surface area contributed by atoms with Crippen molar-refractivity contribution in [3.8, 4) is 11.1 Å². The lowest BCUT2D eigenvalue weighted by atomic mass is 10.0. The Morgan fingerprint density at radius 3 is 2.33 bits per heavy atom. The van der Waals surface area contributed by atoms with Gasteiger partial charge in [-0.15, -0.1) is 11.3 Å². The van der Waals surface area contributed by atoms with Crippen LogP contribution in [0.15, 0.2) is 18.3 Å². The predicted octanol–water partition coefficient (Wildman–Crippen LogP) is 3.42. The smallest absolute Gasteiger partial charge is 0.365 e. The molecule has 33 heavy (non-hydrogen) atoms. The van der Waals surface area contributed by atoms with Crippen LogP contribution in [0, 0.1) is 13.8 Å². The lowest BCUT2D eigenvalue weighted by Crippen LogP contribution is -2.19. The van der Waals surface area contributed by atoms with E-state index in [1.54, 1.807) is 34.0 Å². The number of carbonyl (C=O) groups is 2. The molecule has 0 saturated carbocycles. The molecule has 13 heteroatoms. The number of nitrogens with zero attached hydrogens (tertiary/aromatic N) is 5. The molecule has 0 spiro atoms. The number of thiophene rings is 1. The first kappa shape index (κ1) is 22.5. The SMILES string of the molecule is Cc1cc(C(=O)Nc2c(C(N)=O)sc3nc(C(F)(F)F)cc(-c4cnn(C)c4C)c23)n(C)n1. The number of hydrogen-bond acceptors (Lipinski definition) is 6. The van der Waals surface area contributed by atoms with E-state index in [0.29, 0.717) is 28.3 Å². The van der Waals surface area contributed by atoms with Crippen LogP contribution in [0.1, 0.15) is 37.2 Å². The average molecular weight is 477 g/mol. The average Bonchev–Trinajstić information content (AvgIpc) is 3.36. The summed E-state index contributed by atoms with van der Waals surface area (Å²) >= 11 is 0.680. The number of rotatable bonds is 4. The second-order valence-electron chi connectivity index (χ2n) is 7.42. The van der Waals surface area contributed by atoms with Gasteiger partial charge in [0.25, 0.3) is 11.8 Å². The zero-order valence-corrected chi connectivity index (χ0v) is 18.7. The fourth-order valence-corrected chi connectivity index (χ4v) is 4.52. The van der Waals surface area contributed by atoms with Crippen LogP contribution in [0.25, 0.3) is 21.3 Å². The summed E-state index contributed by atoms with van der Waals surface area (Å²) < 4.78 is 43.7. The quantitative estimate of drug-likeness (QED) is 0.467. The molecule has 0 aliphatic rings. The van der Waals surface area contributed by atoms with E-state index in [2.05, 4.69) is 20.5 Å². The van der Waals surface area contributed by atoms with Gasteiger partial charge in [-0.2, -0.15) is 23.4 Å². The molecule has 0 unspecified atom stereocenters. The Bertz CT molecular complexity index is 1430. The summed E-state index contributed by atoms with van der Waals surface area (Å²) in [6, 6.07) is 2.42. The molecule has 4 aromatic heterocycles. The highest BCUT2D eigenvalue weighted by molar-refractivity contribution is 7.21. The van der Waals surface area contributed by atoms with Gasteiger partial charge in [0.05, 0.1) is 17.6 Å². The predicted molar refractivity (Wildman–Crippen MR) is 116 cm³/mol. The van der Waals surface area contributed by atoms with Gasteiger partial charge in [0.15, 0.2) is 0 Å².